The lowest BCUT2D eigenvalue weighted by atomic mass is 10.1. The lowest BCUT2D eigenvalue weighted by Gasteiger charge is -2.09. The third-order valence-electron chi connectivity index (χ3n) is 3.12. The lowest BCUT2D eigenvalue weighted by Crippen LogP contribution is -2.36. The zero-order valence-electron chi connectivity index (χ0n) is 13.1. The number of carbonyl (C=O) groups excluding carboxylic acids is 2. The predicted molar refractivity (Wildman–Crippen MR) is 86.6 cm³/mol. The van der Waals surface area contributed by atoms with Crippen LogP contribution < -0.4 is 16.4 Å². The van der Waals surface area contributed by atoms with Crippen LogP contribution in [0.25, 0.3) is 11.4 Å². The van der Waals surface area contributed by atoms with Gasteiger partial charge in [0.05, 0.1) is 18.8 Å². The van der Waals surface area contributed by atoms with E-state index in [1.165, 1.54) is 0 Å². The van der Waals surface area contributed by atoms with Crippen LogP contribution in [0.1, 0.15) is 25.6 Å². The zero-order valence-corrected chi connectivity index (χ0v) is 13.1. The normalized spacial score (nSPS) is 10.6. The molecular weight excluding hydrogens is 296 g/mol. The second kappa shape index (κ2) is 7.50. The fourth-order valence-electron chi connectivity index (χ4n) is 1.89. The van der Waals surface area contributed by atoms with Gasteiger partial charge in [-0.05, 0) is 12.1 Å². The van der Waals surface area contributed by atoms with Crippen molar-refractivity contribution in [2.75, 3.05) is 18.4 Å². The van der Waals surface area contributed by atoms with Gasteiger partial charge < -0.3 is 16.4 Å². The molecule has 0 spiro atoms. The topological polar surface area (TPSA) is 126 Å². The zero-order chi connectivity index (χ0) is 16.8. The summed E-state index contributed by atoms with van der Waals surface area (Å²) in [5, 5.41) is 12.2. The number of H-pyrrole nitrogens is 1. The Labute approximate surface area is 133 Å². The highest BCUT2D eigenvalue weighted by molar-refractivity contribution is 5.97. The number of aromatic amines is 1. The summed E-state index contributed by atoms with van der Waals surface area (Å²) in [7, 11) is 0. The molecule has 2 aromatic rings. The fraction of sp³-hybridized carbons (Fsp3) is 0.333. The standard InChI is InChI=1S/C15H20N6O2/c1-9(2)14-19-15(21-20-14)10-5-3-4-6-11(10)18-13(23)8-17-12(22)7-16/h3-6,9H,7-8,16H2,1-2H3,(H,17,22)(H,18,23)(H,19,20,21). The molecule has 0 fully saturated rings. The van der Waals surface area contributed by atoms with E-state index >= 15 is 0 Å². The molecule has 0 atom stereocenters. The van der Waals surface area contributed by atoms with E-state index in [-0.39, 0.29) is 30.8 Å². The molecular formula is C15H20N6O2. The summed E-state index contributed by atoms with van der Waals surface area (Å²) < 4.78 is 0. The van der Waals surface area contributed by atoms with Crippen molar-refractivity contribution in [3.05, 3.63) is 30.1 Å². The van der Waals surface area contributed by atoms with E-state index in [1.807, 2.05) is 26.0 Å². The van der Waals surface area contributed by atoms with E-state index in [0.29, 0.717) is 17.1 Å². The molecule has 8 nitrogen and oxygen atoms in total. The molecule has 2 rings (SSSR count). The molecule has 0 aliphatic rings. The van der Waals surface area contributed by atoms with Gasteiger partial charge in [-0.15, -0.1) is 0 Å². The molecule has 0 aliphatic carbocycles. The first-order valence-electron chi connectivity index (χ1n) is 7.29. The van der Waals surface area contributed by atoms with Gasteiger partial charge in [0.25, 0.3) is 0 Å². The van der Waals surface area contributed by atoms with Gasteiger partial charge in [0.2, 0.25) is 11.8 Å². The number of nitrogens with one attached hydrogen (secondary N) is 3. The minimum Gasteiger partial charge on any atom is -0.346 e. The van der Waals surface area contributed by atoms with Gasteiger partial charge in [0.1, 0.15) is 5.82 Å². The Morgan fingerprint density at radius 3 is 2.65 bits per heavy atom. The van der Waals surface area contributed by atoms with Crippen LogP contribution in [-0.2, 0) is 9.59 Å². The fourth-order valence-corrected chi connectivity index (χ4v) is 1.89. The van der Waals surface area contributed by atoms with Crippen LogP contribution in [0.4, 0.5) is 5.69 Å². The van der Waals surface area contributed by atoms with Crippen LogP contribution >= 0.6 is 0 Å². The molecule has 0 saturated carbocycles. The summed E-state index contributed by atoms with van der Waals surface area (Å²) >= 11 is 0. The van der Waals surface area contributed by atoms with E-state index in [2.05, 4.69) is 25.8 Å². The summed E-state index contributed by atoms with van der Waals surface area (Å²) in [6.07, 6.45) is 0. The van der Waals surface area contributed by atoms with E-state index in [9.17, 15) is 9.59 Å². The SMILES string of the molecule is CC(C)c1nc(-c2ccccc2NC(=O)CNC(=O)CN)n[nH]1. The van der Waals surface area contributed by atoms with E-state index < -0.39 is 0 Å². The quantitative estimate of drug-likeness (QED) is 0.621. The molecule has 1 heterocycles. The van der Waals surface area contributed by atoms with Crippen molar-refractivity contribution in [1.82, 2.24) is 20.5 Å². The Kier molecular flexibility index (Phi) is 5.42. The van der Waals surface area contributed by atoms with Crippen LogP contribution in [0.2, 0.25) is 0 Å². The van der Waals surface area contributed by atoms with Crippen molar-refractivity contribution in [3.63, 3.8) is 0 Å². The molecule has 0 saturated heterocycles. The highest BCUT2D eigenvalue weighted by atomic mass is 16.2. The third kappa shape index (κ3) is 4.36. The van der Waals surface area contributed by atoms with Gasteiger partial charge in [-0.1, -0.05) is 26.0 Å². The molecule has 0 aliphatic heterocycles. The minimum atomic E-state index is -0.385. The lowest BCUT2D eigenvalue weighted by molar-refractivity contribution is -0.123. The van der Waals surface area contributed by atoms with Crippen molar-refractivity contribution in [2.45, 2.75) is 19.8 Å². The van der Waals surface area contributed by atoms with Crippen molar-refractivity contribution in [3.8, 4) is 11.4 Å². The van der Waals surface area contributed by atoms with Gasteiger partial charge in [-0.2, -0.15) is 5.10 Å². The molecule has 8 heteroatoms. The van der Waals surface area contributed by atoms with Crippen LogP contribution in [0, 0.1) is 0 Å². The molecule has 0 bridgehead atoms. The van der Waals surface area contributed by atoms with Gasteiger partial charge in [-0.25, -0.2) is 4.98 Å². The van der Waals surface area contributed by atoms with Crippen LogP contribution in [0.3, 0.4) is 0 Å². The van der Waals surface area contributed by atoms with Crippen LogP contribution in [0.5, 0.6) is 0 Å². The second-order valence-corrected chi connectivity index (χ2v) is 5.27. The van der Waals surface area contributed by atoms with Gasteiger partial charge in [0.15, 0.2) is 5.82 Å². The Bertz CT molecular complexity index is 695. The second-order valence-electron chi connectivity index (χ2n) is 5.27. The molecule has 5 N–H and O–H groups in total. The monoisotopic (exact) mass is 316 g/mol. The Morgan fingerprint density at radius 2 is 2.00 bits per heavy atom. The summed E-state index contributed by atoms with van der Waals surface area (Å²) in [5.41, 5.74) is 6.45. The summed E-state index contributed by atoms with van der Waals surface area (Å²) in [6, 6.07) is 7.21. The predicted octanol–water partition coefficient (Wildman–Crippen LogP) is 0.609. The largest absolute Gasteiger partial charge is 0.346 e. The maximum absolute atomic E-state index is 11.9. The summed E-state index contributed by atoms with van der Waals surface area (Å²) in [5.74, 6) is 0.777. The number of hydrogen-bond acceptors (Lipinski definition) is 5. The Balaban J connectivity index is 2.14. The molecule has 1 aromatic heterocycles. The van der Waals surface area contributed by atoms with Crippen molar-refractivity contribution < 1.29 is 9.59 Å². The van der Waals surface area contributed by atoms with E-state index in [0.717, 1.165) is 5.82 Å². The highest BCUT2D eigenvalue weighted by Crippen LogP contribution is 2.25. The van der Waals surface area contributed by atoms with E-state index in [1.54, 1.807) is 12.1 Å². The number of carbonyl (C=O) groups is 2. The number of aromatic nitrogens is 3. The van der Waals surface area contributed by atoms with E-state index in [4.69, 9.17) is 5.73 Å². The first-order valence-corrected chi connectivity index (χ1v) is 7.29. The first kappa shape index (κ1) is 16.6. The number of amides is 2. The molecule has 2 amide bonds. The van der Waals surface area contributed by atoms with Gasteiger partial charge in [0, 0.05) is 11.5 Å². The van der Waals surface area contributed by atoms with Crippen molar-refractivity contribution in [1.29, 1.82) is 0 Å². The number of nitrogens with two attached hydrogens (primary N) is 1. The molecule has 122 valence electrons. The van der Waals surface area contributed by atoms with Crippen LogP contribution in [-0.4, -0.2) is 40.1 Å². The Morgan fingerprint density at radius 1 is 1.26 bits per heavy atom. The van der Waals surface area contributed by atoms with Crippen LogP contribution in [0.15, 0.2) is 24.3 Å². The van der Waals surface area contributed by atoms with Crippen molar-refractivity contribution in [2.24, 2.45) is 5.73 Å². The number of para-hydroxylation sites is 1. The molecule has 0 unspecified atom stereocenters. The maximum atomic E-state index is 11.9. The minimum absolute atomic E-state index is 0.143. The Hall–Kier alpha value is -2.74. The smallest absolute Gasteiger partial charge is 0.243 e. The molecule has 23 heavy (non-hydrogen) atoms. The number of anilines is 1. The number of nitrogens with zero attached hydrogens (tertiary/aromatic N) is 2. The number of hydrogen-bond donors (Lipinski definition) is 4. The summed E-state index contributed by atoms with van der Waals surface area (Å²) in [4.78, 5) is 27.4. The highest BCUT2D eigenvalue weighted by Gasteiger charge is 2.14. The number of rotatable bonds is 6. The molecule has 0 radical (unpaired) electrons. The summed E-state index contributed by atoms with van der Waals surface area (Å²) in [6.45, 7) is 3.73. The number of benzene rings is 1. The average Bonchev–Trinajstić information content (AvgIpc) is 3.03. The maximum Gasteiger partial charge on any atom is 0.243 e. The molecule has 1 aromatic carbocycles. The van der Waals surface area contributed by atoms with Gasteiger partial charge in [-0.3, -0.25) is 14.7 Å². The third-order valence-corrected chi connectivity index (χ3v) is 3.12. The average molecular weight is 316 g/mol. The first-order chi connectivity index (χ1) is 11.0. The van der Waals surface area contributed by atoms with Crippen molar-refractivity contribution >= 4 is 17.5 Å². The van der Waals surface area contributed by atoms with Gasteiger partial charge >= 0.3 is 0 Å².